The summed E-state index contributed by atoms with van der Waals surface area (Å²) >= 11 is 1.41. The largest absolute Gasteiger partial charge is 0.436 e. The van der Waals surface area contributed by atoms with Gasteiger partial charge >= 0.3 is 0 Å². The minimum absolute atomic E-state index is 0.00154. The number of benzene rings is 3. The zero-order valence-corrected chi connectivity index (χ0v) is 21.3. The van der Waals surface area contributed by atoms with Gasteiger partial charge in [-0.1, -0.05) is 47.7 Å². The number of nitrogens with two attached hydrogens (primary N) is 1. The summed E-state index contributed by atoms with van der Waals surface area (Å²) in [6.45, 7) is 0. The number of ketones is 2. The summed E-state index contributed by atoms with van der Waals surface area (Å²) in [5, 5.41) is 15.5. The first kappa shape index (κ1) is 23.7. The third kappa shape index (κ3) is 3.49. The number of hydrogen-bond acceptors (Lipinski definition) is 8. The fourth-order valence-electron chi connectivity index (χ4n) is 5.10. The van der Waals surface area contributed by atoms with Crippen LogP contribution in [0.4, 0.5) is 4.39 Å². The molecule has 0 spiro atoms. The quantitative estimate of drug-likeness (QED) is 0.321. The number of ether oxygens (including phenoxy) is 1. The molecule has 8 nitrogen and oxygen atoms in total. The maximum atomic E-state index is 13.9. The second kappa shape index (κ2) is 8.83. The van der Waals surface area contributed by atoms with Crippen molar-refractivity contribution >= 4 is 33.1 Å². The van der Waals surface area contributed by atoms with E-state index in [0.29, 0.717) is 22.0 Å². The van der Waals surface area contributed by atoms with Gasteiger partial charge in [-0.2, -0.15) is 10.4 Å². The van der Waals surface area contributed by atoms with Gasteiger partial charge in [0.25, 0.3) is 0 Å². The SMILES string of the molecule is N#CC1=C(N)OC2=C(C(=O)c3ccccc3C2=O)C1c1cn(-c2nc3ccccc3s2)nc1-c1ccc(F)cc1. The van der Waals surface area contributed by atoms with Crippen LogP contribution in [0.1, 0.15) is 32.2 Å². The highest BCUT2D eigenvalue weighted by Crippen LogP contribution is 2.46. The molecule has 1 aliphatic heterocycles. The predicted molar refractivity (Wildman–Crippen MR) is 145 cm³/mol. The smallest absolute Gasteiger partial charge is 0.229 e. The van der Waals surface area contributed by atoms with Gasteiger partial charge in [0.15, 0.2) is 11.5 Å². The van der Waals surface area contributed by atoms with E-state index in [4.69, 9.17) is 15.6 Å². The van der Waals surface area contributed by atoms with Gasteiger partial charge in [0, 0.05) is 28.5 Å². The average molecular weight is 546 g/mol. The first-order valence-corrected chi connectivity index (χ1v) is 13.0. The molecule has 5 aromatic rings. The summed E-state index contributed by atoms with van der Waals surface area (Å²) in [6, 6.07) is 21.8. The molecular formula is C30H16FN5O3S. The molecule has 0 radical (unpaired) electrons. The van der Waals surface area contributed by atoms with Crippen molar-refractivity contribution in [3.05, 3.63) is 124 Å². The van der Waals surface area contributed by atoms with E-state index >= 15 is 0 Å². The highest BCUT2D eigenvalue weighted by molar-refractivity contribution is 7.20. The van der Waals surface area contributed by atoms with Crippen molar-refractivity contribution in [2.24, 2.45) is 5.73 Å². The minimum Gasteiger partial charge on any atom is -0.436 e. The van der Waals surface area contributed by atoms with Gasteiger partial charge in [-0.25, -0.2) is 14.1 Å². The Morgan fingerprint density at radius 1 is 0.975 bits per heavy atom. The lowest BCUT2D eigenvalue weighted by atomic mass is 9.75. The van der Waals surface area contributed by atoms with Crippen LogP contribution in [0.5, 0.6) is 0 Å². The minimum atomic E-state index is -1.07. The third-order valence-corrected chi connectivity index (χ3v) is 7.96. The molecule has 2 aromatic heterocycles. The van der Waals surface area contributed by atoms with Crippen LogP contribution in [-0.2, 0) is 4.74 Å². The molecule has 1 atom stereocenters. The molecule has 0 saturated carbocycles. The number of rotatable bonds is 3. The fraction of sp³-hybridized carbons (Fsp3) is 0.0333. The lowest BCUT2D eigenvalue weighted by Gasteiger charge is -2.30. The summed E-state index contributed by atoms with van der Waals surface area (Å²) in [5.41, 5.74) is 8.66. The number of hydrogen-bond donors (Lipinski definition) is 1. The maximum Gasteiger partial charge on any atom is 0.229 e. The van der Waals surface area contributed by atoms with Crippen LogP contribution in [-0.4, -0.2) is 26.3 Å². The molecule has 40 heavy (non-hydrogen) atoms. The topological polar surface area (TPSA) is 124 Å². The van der Waals surface area contributed by atoms with Crippen LogP contribution in [0, 0.1) is 17.1 Å². The first-order chi connectivity index (χ1) is 19.4. The number of carbonyl (C=O) groups is 2. The van der Waals surface area contributed by atoms with E-state index in [-0.39, 0.29) is 33.9 Å². The second-order valence-electron chi connectivity index (χ2n) is 9.22. The summed E-state index contributed by atoms with van der Waals surface area (Å²) < 4.78 is 22.0. The number of nitriles is 1. The predicted octanol–water partition coefficient (Wildman–Crippen LogP) is 5.43. The monoisotopic (exact) mass is 545 g/mol. The van der Waals surface area contributed by atoms with Crippen molar-refractivity contribution in [1.29, 1.82) is 5.26 Å². The van der Waals surface area contributed by atoms with Crippen molar-refractivity contribution in [2.75, 3.05) is 0 Å². The summed E-state index contributed by atoms with van der Waals surface area (Å²) in [4.78, 5) is 32.0. The normalized spacial score (nSPS) is 16.6. The van der Waals surface area contributed by atoms with Gasteiger partial charge in [-0.05, 0) is 36.4 Å². The highest BCUT2D eigenvalue weighted by Gasteiger charge is 2.45. The maximum absolute atomic E-state index is 13.9. The molecule has 10 heteroatoms. The Hall–Kier alpha value is -5.40. The van der Waals surface area contributed by atoms with Crippen LogP contribution in [0.15, 0.2) is 102 Å². The number of thiazole rings is 1. The van der Waals surface area contributed by atoms with Crippen molar-refractivity contribution in [2.45, 2.75) is 5.92 Å². The number of fused-ring (bicyclic) bond motifs is 2. The van der Waals surface area contributed by atoms with Crippen LogP contribution in [0.3, 0.4) is 0 Å². The van der Waals surface area contributed by atoms with Crippen molar-refractivity contribution < 1.29 is 18.7 Å². The molecule has 0 bridgehead atoms. The number of carbonyl (C=O) groups excluding carboxylic acids is 2. The van der Waals surface area contributed by atoms with Crippen LogP contribution < -0.4 is 5.73 Å². The van der Waals surface area contributed by atoms with Gasteiger partial charge in [0.1, 0.15) is 17.5 Å². The summed E-state index contributed by atoms with van der Waals surface area (Å²) in [6.07, 6.45) is 1.67. The van der Waals surface area contributed by atoms with Crippen LogP contribution >= 0.6 is 11.3 Å². The Morgan fingerprint density at radius 3 is 2.40 bits per heavy atom. The zero-order valence-electron chi connectivity index (χ0n) is 20.5. The number of nitrogens with zero attached hydrogens (tertiary/aromatic N) is 4. The van der Waals surface area contributed by atoms with Crippen molar-refractivity contribution in [3.8, 4) is 22.5 Å². The van der Waals surface area contributed by atoms with E-state index in [1.54, 1.807) is 47.3 Å². The van der Waals surface area contributed by atoms with Crippen LogP contribution in [0.25, 0.3) is 26.6 Å². The van der Waals surface area contributed by atoms with E-state index in [9.17, 15) is 19.2 Å². The molecule has 3 aromatic carbocycles. The van der Waals surface area contributed by atoms with Crippen molar-refractivity contribution in [1.82, 2.24) is 14.8 Å². The van der Waals surface area contributed by atoms with Gasteiger partial charge in [-0.15, -0.1) is 0 Å². The number of aromatic nitrogens is 3. The van der Waals surface area contributed by atoms with Gasteiger partial charge in [0.05, 0.1) is 27.4 Å². The molecule has 1 aliphatic carbocycles. The van der Waals surface area contributed by atoms with Gasteiger partial charge in [-0.3, -0.25) is 9.59 Å². The molecule has 0 amide bonds. The Morgan fingerprint density at radius 2 is 1.68 bits per heavy atom. The Balaban J connectivity index is 1.49. The Bertz CT molecular complexity index is 1980. The fourth-order valence-corrected chi connectivity index (χ4v) is 6.00. The molecule has 7 rings (SSSR count). The van der Waals surface area contributed by atoms with Crippen LogP contribution in [0.2, 0.25) is 0 Å². The average Bonchev–Trinajstić information content (AvgIpc) is 3.60. The summed E-state index contributed by atoms with van der Waals surface area (Å²) in [7, 11) is 0. The molecule has 192 valence electrons. The highest BCUT2D eigenvalue weighted by atomic mass is 32.1. The molecule has 2 aliphatic rings. The Kier molecular flexibility index (Phi) is 5.23. The molecule has 2 N–H and O–H groups in total. The molecule has 1 unspecified atom stereocenters. The lowest BCUT2D eigenvalue weighted by molar-refractivity contribution is 0.0897. The van der Waals surface area contributed by atoms with E-state index in [1.807, 2.05) is 24.3 Å². The van der Waals surface area contributed by atoms with Gasteiger partial charge < -0.3 is 10.5 Å². The molecule has 0 saturated heterocycles. The molecule has 0 fully saturated rings. The Labute approximate surface area is 230 Å². The van der Waals surface area contributed by atoms with E-state index < -0.39 is 23.3 Å². The third-order valence-electron chi connectivity index (χ3n) is 6.94. The number of Topliss-reactive ketones (excluding diaryl/α,β-unsaturated/α-hetero) is 2. The van der Waals surface area contributed by atoms with Gasteiger partial charge in [0.2, 0.25) is 16.8 Å². The summed E-state index contributed by atoms with van der Waals surface area (Å²) in [5.74, 6) is -2.95. The van der Waals surface area contributed by atoms with Crippen molar-refractivity contribution in [3.63, 3.8) is 0 Å². The zero-order chi connectivity index (χ0) is 27.5. The van der Waals surface area contributed by atoms with E-state index in [2.05, 4.69) is 11.1 Å². The lowest BCUT2D eigenvalue weighted by Crippen LogP contribution is -2.32. The second-order valence-corrected chi connectivity index (χ2v) is 10.2. The number of para-hydroxylation sites is 1. The van der Waals surface area contributed by atoms with E-state index in [0.717, 1.165) is 10.2 Å². The standard InChI is InChI=1S/C30H16FN5O3S/c31-16-11-9-15(10-12-16)25-20(14-36(35-25)30-34-21-7-3-4-8-22(21)40-30)23-19(13-32)29(33)39-28-24(23)26(37)17-5-1-2-6-18(17)27(28)38/h1-12,14,23H,33H2. The molecular weight excluding hydrogens is 529 g/mol. The number of halogens is 1. The first-order valence-electron chi connectivity index (χ1n) is 12.2. The number of allylic oxidation sites excluding steroid dienone is 3. The molecule has 3 heterocycles. The van der Waals surface area contributed by atoms with E-state index in [1.165, 1.54) is 23.5 Å².